The lowest BCUT2D eigenvalue weighted by atomic mass is 9.91. The third kappa shape index (κ3) is 3.60. The number of carboxylic acids is 1. The van der Waals surface area contributed by atoms with Gasteiger partial charge in [0, 0.05) is 11.3 Å². The fraction of sp³-hybridized carbons (Fsp3) is 0.125. The number of hydrogen-bond donors (Lipinski definition) is 2. The van der Waals surface area contributed by atoms with Gasteiger partial charge in [-0.05, 0) is 30.7 Å². The maximum absolute atomic E-state index is 12.2. The van der Waals surface area contributed by atoms with E-state index in [0.29, 0.717) is 17.9 Å². The minimum Gasteiger partial charge on any atom is -0.481 e. The van der Waals surface area contributed by atoms with Gasteiger partial charge in [0.05, 0.1) is 12.2 Å². The number of hydrogen-bond acceptors (Lipinski definition) is 3. The Kier molecular flexibility index (Phi) is 4.56. The van der Waals surface area contributed by atoms with E-state index in [2.05, 4.69) is 11.9 Å². The van der Waals surface area contributed by atoms with Gasteiger partial charge in [-0.1, -0.05) is 24.8 Å². The van der Waals surface area contributed by atoms with E-state index in [0.717, 1.165) is 0 Å². The second-order valence-corrected chi connectivity index (χ2v) is 4.44. The van der Waals surface area contributed by atoms with Crippen molar-refractivity contribution in [3.8, 4) is 5.75 Å². The number of anilines is 1. The smallest absolute Gasteiger partial charge is 0.311 e. The Morgan fingerprint density at radius 1 is 1.33 bits per heavy atom. The fourth-order valence-corrected chi connectivity index (χ4v) is 2.01. The van der Waals surface area contributed by atoms with Gasteiger partial charge in [-0.3, -0.25) is 9.59 Å². The average molecular weight is 285 g/mol. The lowest BCUT2D eigenvalue weighted by Gasteiger charge is -2.17. The van der Waals surface area contributed by atoms with Crippen LogP contribution < -0.4 is 10.1 Å². The lowest BCUT2D eigenvalue weighted by Crippen LogP contribution is -2.26. The number of carbonyl (C=O) groups is 2. The van der Waals surface area contributed by atoms with Gasteiger partial charge in [-0.15, -0.1) is 0 Å². The van der Waals surface area contributed by atoms with Gasteiger partial charge in [0.15, 0.2) is 0 Å². The van der Waals surface area contributed by atoms with Crippen LogP contribution in [0.4, 0.5) is 5.69 Å². The van der Waals surface area contributed by atoms with Crippen LogP contribution in [-0.4, -0.2) is 17.0 Å². The summed E-state index contributed by atoms with van der Waals surface area (Å²) in [5.41, 5.74) is 0.812. The van der Waals surface area contributed by atoms with Crippen LogP contribution in [0.2, 0.25) is 0 Å². The number of carbonyl (C=O) groups excluding carboxylic acids is 1. The molecule has 21 heavy (non-hydrogen) atoms. The van der Waals surface area contributed by atoms with Crippen LogP contribution in [-0.2, 0) is 9.59 Å². The molecule has 0 aromatic heterocycles. The molecule has 0 fully saturated rings. The molecule has 0 saturated heterocycles. The first-order valence-corrected chi connectivity index (χ1v) is 6.40. The Balaban J connectivity index is 2.09. The normalized spacial score (nSPS) is 16.8. The standard InChI is InChI=1S/C16H15NO4/c1-2-21-12-9-7-11(8-10-12)17-15(18)13-5-3-4-6-14(13)16(19)20/h2-5,7-10,14H,1,6H2,(H,17,18)(H,19,20). The van der Waals surface area contributed by atoms with Gasteiger partial charge in [-0.25, -0.2) is 0 Å². The monoisotopic (exact) mass is 285 g/mol. The molecule has 1 aromatic carbocycles. The van der Waals surface area contributed by atoms with E-state index in [-0.39, 0.29) is 5.57 Å². The van der Waals surface area contributed by atoms with Crippen molar-refractivity contribution in [3.05, 3.63) is 60.9 Å². The first-order chi connectivity index (χ1) is 10.1. The molecule has 108 valence electrons. The molecule has 0 heterocycles. The van der Waals surface area contributed by atoms with Crippen molar-refractivity contribution in [2.45, 2.75) is 6.42 Å². The van der Waals surface area contributed by atoms with Crippen molar-refractivity contribution in [2.24, 2.45) is 5.92 Å². The number of amides is 1. The van der Waals surface area contributed by atoms with E-state index in [9.17, 15) is 9.59 Å². The number of benzene rings is 1. The van der Waals surface area contributed by atoms with E-state index in [1.165, 1.54) is 12.3 Å². The molecule has 1 aliphatic carbocycles. The molecule has 0 bridgehead atoms. The number of ether oxygens (including phenoxy) is 1. The summed E-state index contributed by atoms with van der Waals surface area (Å²) >= 11 is 0. The zero-order valence-corrected chi connectivity index (χ0v) is 11.3. The van der Waals surface area contributed by atoms with E-state index in [4.69, 9.17) is 9.84 Å². The van der Waals surface area contributed by atoms with Gasteiger partial charge in [0.2, 0.25) is 0 Å². The SMILES string of the molecule is C=COc1ccc(NC(=O)C2=CC=CCC2C(=O)O)cc1. The van der Waals surface area contributed by atoms with Crippen LogP contribution in [0.3, 0.4) is 0 Å². The van der Waals surface area contributed by atoms with Gasteiger partial charge in [-0.2, -0.15) is 0 Å². The topological polar surface area (TPSA) is 75.6 Å². The second-order valence-electron chi connectivity index (χ2n) is 4.44. The highest BCUT2D eigenvalue weighted by Crippen LogP contribution is 2.23. The molecule has 1 aromatic rings. The Bertz CT molecular complexity index is 614. The summed E-state index contributed by atoms with van der Waals surface area (Å²) in [6.45, 7) is 3.45. The van der Waals surface area contributed by atoms with Crippen molar-refractivity contribution in [3.63, 3.8) is 0 Å². The van der Waals surface area contributed by atoms with Crippen molar-refractivity contribution in [2.75, 3.05) is 5.32 Å². The Labute approximate surface area is 122 Å². The third-order valence-corrected chi connectivity index (χ3v) is 3.05. The molecule has 1 unspecified atom stereocenters. The lowest BCUT2D eigenvalue weighted by molar-refractivity contribution is -0.141. The molecule has 1 aliphatic rings. The predicted molar refractivity (Wildman–Crippen MR) is 78.9 cm³/mol. The number of rotatable bonds is 5. The maximum atomic E-state index is 12.2. The molecule has 0 radical (unpaired) electrons. The molecular formula is C16H15NO4. The molecule has 1 amide bonds. The predicted octanol–water partition coefficient (Wildman–Crippen LogP) is 2.73. The van der Waals surface area contributed by atoms with Crippen LogP contribution in [0, 0.1) is 5.92 Å². The number of nitrogens with one attached hydrogen (secondary N) is 1. The summed E-state index contributed by atoms with van der Waals surface area (Å²) in [4.78, 5) is 23.3. The fourth-order valence-electron chi connectivity index (χ4n) is 2.01. The average Bonchev–Trinajstić information content (AvgIpc) is 2.49. The highest BCUT2D eigenvalue weighted by Gasteiger charge is 2.27. The van der Waals surface area contributed by atoms with E-state index in [1.807, 2.05) is 0 Å². The molecule has 2 rings (SSSR count). The highest BCUT2D eigenvalue weighted by atomic mass is 16.5. The first kappa shape index (κ1) is 14.6. The number of aliphatic carboxylic acids is 1. The second kappa shape index (κ2) is 6.56. The van der Waals surface area contributed by atoms with Gasteiger partial charge < -0.3 is 15.2 Å². The molecule has 0 spiro atoms. The van der Waals surface area contributed by atoms with Gasteiger partial charge >= 0.3 is 5.97 Å². The summed E-state index contributed by atoms with van der Waals surface area (Å²) in [6, 6.07) is 6.71. The van der Waals surface area contributed by atoms with Crippen LogP contribution in [0.15, 0.2) is 60.9 Å². The van der Waals surface area contributed by atoms with E-state index < -0.39 is 17.8 Å². The molecule has 0 aliphatic heterocycles. The summed E-state index contributed by atoms with van der Waals surface area (Å²) in [5, 5.41) is 11.8. The van der Waals surface area contributed by atoms with Crippen molar-refractivity contribution >= 4 is 17.6 Å². The first-order valence-electron chi connectivity index (χ1n) is 6.40. The molecule has 0 saturated carbocycles. The maximum Gasteiger partial charge on any atom is 0.311 e. The Hall–Kier alpha value is -2.82. The van der Waals surface area contributed by atoms with Crippen LogP contribution in [0.5, 0.6) is 5.75 Å². The Morgan fingerprint density at radius 2 is 2.05 bits per heavy atom. The molecule has 5 nitrogen and oxygen atoms in total. The van der Waals surface area contributed by atoms with Crippen LogP contribution in [0.25, 0.3) is 0 Å². The highest BCUT2D eigenvalue weighted by molar-refractivity contribution is 6.07. The molecule has 5 heteroatoms. The largest absolute Gasteiger partial charge is 0.481 e. The summed E-state index contributed by atoms with van der Waals surface area (Å²) < 4.78 is 5.08. The minimum atomic E-state index is -1.00. The molecule has 2 N–H and O–H groups in total. The summed E-state index contributed by atoms with van der Waals surface area (Å²) in [6.07, 6.45) is 6.59. The van der Waals surface area contributed by atoms with Gasteiger partial charge in [0.1, 0.15) is 5.75 Å². The zero-order valence-electron chi connectivity index (χ0n) is 11.3. The van der Waals surface area contributed by atoms with Crippen LogP contribution >= 0.6 is 0 Å². The summed E-state index contributed by atoms with van der Waals surface area (Å²) in [5.74, 6) is -1.62. The quantitative estimate of drug-likeness (QED) is 0.816. The summed E-state index contributed by atoms with van der Waals surface area (Å²) in [7, 11) is 0. The van der Waals surface area contributed by atoms with E-state index in [1.54, 1.807) is 36.4 Å². The van der Waals surface area contributed by atoms with Crippen molar-refractivity contribution < 1.29 is 19.4 Å². The third-order valence-electron chi connectivity index (χ3n) is 3.05. The van der Waals surface area contributed by atoms with E-state index >= 15 is 0 Å². The van der Waals surface area contributed by atoms with Crippen LogP contribution in [0.1, 0.15) is 6.42 Å². The number of allylic oxidation sites excluding steroid dienone is 3. The minimum absolute atomic E-state index is 0.247. The zero-order chi connectivity index (χ0) is 15.2. The van der Waals surface area contributed by atoms with Gasteiger partial charge in [0.25, 0.3) is 5.91 Å². The molecule has 1 atom stereocenters. The van der Waals surface area contributed by atoms with Crippen molar-refractivity contribution in [1.82, 2.24) is 0 Å². The van der Waals surface area contributed by atoms with Crippen molar-refractivity contribution in [1.29, 1.82) is 0 Å². The Morgan fingerprint density at radius 3 is 2.67 bits per heavy atom. The molecular weight excluding hydrogens is 270 g/mol. The number of carboxylic acid groups (broad SMARTS) is 1.